The van der Waals surface area contributed by atoms with Gasteiger partial charge in [-0.05, 0) is 11.4 Å². The van der Waals surface area contributed by atoms with Crippen LogP contribution >= 0.6 is 22.9 Å². The number of amides is 1. The van der Waals surface area contributed by atoms with Crippen LogP contribution in [0.1, 0.15) is 4.88 Å². The van der Waals surface area contributed by atoms with E-state index in [-0.39, 0.29) is 5.91 Å². The molecule has 1 aliphatic rings. The molecule has 0 aliphatic carbocycles. The van der Waals surface area contributed by atoms with Gasteiger partial charge in [-0.1, -0.05) is 17.7 Å². The van der Waals surface area contributed by atoms with Gasteiger partial charge in [0.2, 0.25) is 5.91 Å². The Balaban J connectivity index is 1.75. The standard InChI is InChI=1S/C14H12ClNO3S/c15-10-7-12-13(19-4-3-18-12)8-11(10)16-14(17)6-9-2-1-5-20-9/h1-2,5,7-8H,3-4,6H2,(H,16,17). The van der Waals surface area contributed by atoms with Crippen LogP contribution in [0.4, 0.5) is 5.69 Å². The first-order valence-electron chi connectivity index (χ1n) is 6.14. The molecule has 0 fully saturated rings. The summed E-state index contributed by atoms with van der Waals surface area (Å²) in [6, 6.07) is 7.21. The number of benzene rings is 1. The van der Waals surface area contributed by atoms with Crippen LogP contribution in [-0.4, -0.2) is 19.1 Å². The van der Waals surface area contributed by atoms with Crippen molar-refractivity contribution in [1.29, 1.82) is 0 Å². The average Bonchev–Trinajstić information content (AvgIpc) is 2.92. The van der Waals surface area contributed by atoms with Crippen LogP contribution < -0.4 is 14.8 Å². The third kappa shape index (κ3) is 2.89. The monoisotopic (exact) mass is 309 g/mol. The lowest BCUT2D eigenvalue weighted by atomic mass is 10.2. The number of anilines is 1. The van der Waals surface area contributed by atoms with Gasteiger partial charge >= 0.3 is 0 Å². The number of rotatable bonds is 3. The van der Waals surface area contributed by atoms with Crippen molar-refractivity contribution in [1.82, 2.24) is 0 Å². The number of carbonyl (C=O) groups excluding carboxylic acids is 1. The molecule has 1 aromatic heterocycles. The van der Waals surface area contributed by atoms with Crippen molar-refractivity contribution < 1.29 is 14.3 Å². The topological polar surface area (TPSA) is 47.6 Å². The van der Waals surface area contributed by atoms with E-state index in [0.717, 1.165) is 4.88 Å². The summed E-state index contributed by atoms with van der Waals surface area (Å²) in [7, 11) is 0. The fourth-order valence-corrected chi connectivity index (χ4v) is 2.83. The Kier molecular flexibility index (Phi) is 3.80. The van der Waals surface area contributed by atoms with E-state index in [2.05, 4.69) is 5.32 Å². The molecule has 2 aromatic rings. The van der Waals surface area contributed by atoms with Gasteiger partial charge in [0.1, 0.15) is 13.2 Å². The molecule has 0 radical (unpaired) electrons. The first kappa shape index (κ1) is 13.3. The molecule has 6 heteroatoms. The Hall–Kier alpha value is -1.72. The third-order valence-electron chi connectivity index (χ3n) is 2.82. The molecule has 20 heavy (non-hydrogen) atoms. The van der Waals surface area contributed by atoms with Gasteiger partial charge in [-0.2, -0.15) is 0 Å². The van der Waals surface area contributed by atoms with E-state index in [0.29, 0.717) is 41.8 Å². The fourth-order valence-electron chi connectivity index (χ4n) is 1.93. The smallest absolute Gasteiger partial charge is 0.229 e. The second kappa shape index (κ2) is 5.73. The zero-order valence-corrected chi connectivity index (χ0v) is 12.1. The second-order valence-electron chi connectivity index (χ2n) is 4.28. The van der Waals surface area contributed by atoms with Crippen LogP contribution in [-0.2, 0) is 11.2 Å². The zero-order valence-electron chi connectivity index (χ0n) is 10.5. The van der Waals surface area contributed by atoms with E-state index < -0.39 is 0 Å². The van der Waals surface area contributed by atoms with Crippen molar-refractivity contribution in [2.45, 2.75) is 6.42 Å². The maximum absolute atomic E-state index is 12.0. The van der Waals surface area contributed by atoms with Crippen molar-refractivity contribution in [3.05, 3.63) is 39.5 Å². The molecule has 0 spiro atoms. The van der Waals surface area contributed by atoms with Gasteiger partial charge in [0.05, 0.1) is 17.1 Å². The number of hydrogen-bond donors (Lipinski definition) is 1. The predicted octanol–water partition coefficient (Wildman–Crippen LogP) is 3.35. The summed E-state index contributed by atoms with van der Waals surface area (Å²) < 4.78 is 10.9. The van der Waals surface area contributed by atoms with Crippen molar-refractivity contribution in [3.63, 3.8) is 0 Å². The van der Waals surface area contributed by atoms with E-state index in [9.17, 15) is 4.79 Å². The van der Waals surface area contributed by atoms with Gasteiger partial charge in [-0.3, -0.25) is 4.79 Å². The molecule has 1 amide bonds. The van der Waals surface area contributed by atoms with E-state index in [4.69, 9.17) is 21.1 Å². The summed E-state index contributed by atoms with van der Waals surface area (Å²) in [5.74, 6) is 1.11. The summed E-state index contributed by atoms with van der Waals surface area (Å²) in [6.45, 7) is 1.00. The minimum Gasteiger partial charge on any atom is -0.486 e. The number of carbonyl (C=O) groups is 1. The van der Waals surface area contributed by atoms with Gasteiger partial charge in [0, 0.05) is 17.0 Å². The van der Waals surface area contributed by atoms with Crippen LogP contribution in [0.15, 0.2) is 29.6 Å². The van der Waals surface area contributed by atoms with Crippen molar-refractivity contribution >= 4 is 34.5 Å². The average molecular weight is 310 g/mol. The maximum atomic E-state index is 12.0. The summed E-state index contributed by atoms with van der Waals surface area (Å²) >= 11 is 7.69. The van der Waals surface area contributed by atoms with Gasteiger partial charge < -0.3 is 14.8 Å². The van der Waals surface area contributed by atoms with Gasteiger partial charge in [-0.25, -0.2) is 0 Å². The summed E-state index contributed by atoms with van der Waals surface area (Å²) in [6.07, 6.45) is 0.336. The Morgan fingerprint density at radius 1 is 1.30 bits per heavy atom. The molecule has 1 aliphatic heterocycles. The summed E-state index contributed by atoms with van der Waals surface area (Å²) in [4.78, 5) is 13.0. The van der Waals surface area contributed by atoms with Crippen LogP contribution in [0.5, 0.6) is 11.5 Å². The van der Waals surface area contributed by atoms with Crippen molar-refractivity contribution in [2.24, 2.45) is 0 Å². The van der Waals surface area contributed by atoms with Crippen LogP contribution in [0.25, 0.3) is 0 Å². The first-order valence-corrected chi connectivity index (χ1v) is 7.39. The summed E-state index contributed by atoms with van der Waals surface area (Å²) in [5.41, 5.74) is 0.539. The van der Waals surface area contributed by atoms with Gasteiger partial charge in [0.15, 0.2) is 11.5 Å². The highest BCUT2D eigenvalue weighted by Gasteiger charge is 2.16. The molecule has 1 aromatic carbocycles. The number of fused-ring (bicyclic) bond motifs is 1. The zero-order chi connectivity index (χ0) is 13.9. The third-order valence-corrected chi connectivity index (χ3v) is 4.01. The molecule has 104 valence electrons. The second-order valence-corrected chi connectivity index (χ2v) is 5.72. The highest BCUT2D eigenvalue weighted by atomic mass is 35.5. The molecule has 0 saturated carbocycles. The normalized spacial score (nSPS) is 13.1. The Labute approximate surface area is 125 Å². The molecule has 0 unspecified atom stereocenters. The number of thiophene rings is 1. The Morgan fingerprint density at radius 3 is 2.75 bits per heavy atom. The molecular formula is C14H12ClNO3S. The van der Waals surface area contributed by atoms with Crippen LogP contribution in [0, 0.1) is 0 Å². The molecule has 0 saturated heterocycles. The number of halogens is 1. The first-order chi connectivity index (χ1) is 9.72. The molecule has 3 rings (SSSR count). The molecular weight excluding hydrogens is 298 g/mol. The SMILES string of the molecule is O=C(Cc1cccs1)Nc1cc2c(cc1Cl)OCCO2. The van der Waals surface area contributed by atoms with E-state index in [1.54, 1.807) is 23.5 Å². The number of ether oxygens (including phenoxy) is 2. The fraction of sp³-hybridized carbons (Fsp3) is 0.214. The quantitative estimate of drug-likeness (QED) is 0.946. The van der Waals surface area contributed by atoms with E-state index >= 15 is 0 Å². The number of hydrogen-bond acceptors (Lipinski definition) is 4. The molecule has 2 heterocycles. The minimum atomic E-state index is -0.106. The van der Waals surface area contributed by atoms with Gasteiger partial charge in [0.25, 0.3) is 0 Å². The lowest BCUT2D eigenvalue weighted by Crippen LogP contribution is -2.17. The lowest BCUT2D eigenvalue weighted by molar-refractivity contribution is -0.115. The van der Waals surface area contributed by atoms with Crippen molar-refractivity contribution in [3.8, 4) is 11.5 Å². The largest absolute Gasteiger partial charge is 0.486 e. The molecule has 4 nitrogen and oxygen atoms in total. The highest BCUT2D eigenvalue weighted by molar-refractivity contribution is 7.10. The summed E-state index contributed by atoms with van der Waals surface area (Å²) in [5, 5.41) is 5.18. The number of nitrogens with one attached hydrogen (secondary N) is 1. The van der Waals surface area contributed by atoms with Crippen molar-refractivity contribution in [2.75, 3.05) is 18.5 Å². The van der Waals surface area contributed by atoms with Gasteiger partial charge in [-0.15, -0.1) is 11.3 Å². The predicted molar refractivity (Wildman–Crippen MR) is 79.1 cm³/mol. The maximum Gasteiger partial charge on any atom is 0.229 e. The molecule has 1 N–H and O–H groups in total. The Bertz CT molecular complexity index is 628. The minimum absolute atomic E-state index is 0.106. The molecule has 0 bridgehead atoms. The highest BCUT2D eigenvalue weighted by Crippen LogP contribution is 2.37. The van der Waals surface area contributed by atoms with E-state index in [1.807, 2.05) is 17.5 Å². The van der Waals surface area contributed by atoms with Crippen LogP contribution in [0.2, 0.25) is 5.02 Å². The lowest BCUT2D eigenvalue weighted by Gasteiger charge is -2.20. The van der Waals surface area contributed by atoms with Crippen LogP contribution in [0.3, 0.4) is 0 Å². The Morgan fingerprint density at radius 2 is 2.05 bits per heavy atom. The molecule has 0 atom stereocenters. The van der Waals surface area contributed by atoms with E-state index in [1.165, 1.54) is 0 Å².